The lowest BCUT2D eigenvalue weighted by molar-refractivity contribution is 1.18. The van der Waals surface area contributed by atoms with Crippen molar-refractivity contribution in [3.8, 4) is 78.5 Å². The molecule has 2 heterocycles. The number of hydrogen-bond acceptors (Lipinski definition) is 3. The molecule has 56 heavy (non-hydrogen) atoms. The maximum absolute atomic E-state index is 5.17. The molecule has 0 unspecified atom stereocenters. The van der Waals surface area contributed by atoms with Gasteiger partial charge in [0, 0.05) is 27.6 Å². The molecule has 10 rings (SSSR count). The second kappa shape index (κ2) is 14.4. The minimum absolute atomic E-state index is 0.700. The van der Waals surface area contributed by atoms with Gasteiger partial charge in [-0.3, -0.25) is 0 Å². The number of benzene rings is 8. The molecule has 0 fully saturated rings. The van der Waals surface area contributed by atoms with Gasteiger partial charge in [0.1, 0.15) is 0 Å². The van der Waals surface area contributed by atoms with Crippen molar-refractivity contribution in [2.24, 2.45) is 0 Å². The lowest BCUT2D eigenvalue weighted by Gasteiger charge is -2.14. The molecule has 2 aromatic heterocycles. The van der Waals surface area contributed by atoms with Gasteiger partial charge >= 0.3 is 0 Å². The molecule has 0 N–H and O–H groups in total. The van der Waals surface area contributed by atoms with Crippen molar-refractivity contribution in [3.05, 3.63) is 212 Å². The summed E-state index contributed by atoms with van der Waals surface area (Å²) in [5.74, 6) is 0.700. The third-order valence-corrected chi connectivity index (χ3v) is 10.5. The Balaban J connectivity index is 1.06. The first-order valence-electron chi connectivity index (χ1n) is 18.9. The predicted octanol–water partition coefficient (Wildman–Crippen LogP) is 13.8. The molecule has 8 aromatic carbocycles. The maximum atomic E-state index is 5.17. The van der Waals surface area contributed by atoms with Crippen molar-refractivity contribution < 1.29 is 0 Å². The Kier molecular flexibility index (Phi) is 8.51. The monoisotopic (exact) mass is 713 g/mol. The first-order valence-corrected chi connectivity index (χ1v) is 18.9. The molecule has 0 radical (unpaired) electrons. The number of rotatable bonds is 7. The summed E-state index contributed by atoms with van der Waals surface area (Å²) in [6.07, 6.45) is 0. The Morgan fingerprint density at radius 1 is 0.268 bits per heavy atom. The summed E-state index contributed by atoms with van der Waals surface area (Å²) in [4.78, 5) is 15.4. The van der Waals surface area contributed by atoms with Crippen LogP contribution < -0.4 is 0 Å². The van der Waals surface area contributed by atoms with Gasteiger partial charge in [-0.1, -0.05) is 182 Å². The molecule has 0 atom stereocenters. The Morgan fingerprint density at radius 2 is 0.750 bits per heavy atom. The van der Waals surface area contributed by atoms with Gasteiger partial charge in [-0.15, -0.1) is 0 Å². The highest BCUT2D eigenvalue weighted by molar-refractivity contribution is 6.14. The molecule has 3 heteroatoms. The number of fused-ring (bicyclic) bond motifs is 3. The fourth-order valence-electron chi connectivity index (χ4n) is 7.63. The molecule has 10 aromatic rings. The van der Waals surface area contributed by atoms with Gasteiger partial charge in [-0.25, -0.2) is 15.0 Å². The Bertz CT molecular complexity index is 2980. The summed E-state index contributed by atoms with van der Waals surface area (Å²) >= 11 is 0. The fraction of sp³-hybridized carbons (Fsp3) is 0. The second-order valence-electron chi connectivity index (χ2n) is 14.0. The normalized spacial score (nSPS) is 11.2. The van der Waals surface area contributed by atoms with Gasteiger partial charge in [-0.2, -0.15) is 0 Å². The standard InChI is InChI=1S/C53H35N3/c1-5-14-36(15-6-1)37-24-26-40(27-25-37)50-35-51(56-53(55-50)41-20-11-4-12-21-41)45-23-13-22-42(33-45)43-28-30-46-44(32-43)29-31-48-52(46)47(38-16-7-2-8-17-38)34-49(54-48)39-18-9-3-10-19-39/h1-35H. The van der Waals surface area contributed by atoms with Gasteiger partial charge in [0.25, 0.3) is 0 Å². The zero-order valence-electron chi connectivity index (χ0n) is 30.5. The summed E-state index contributed by atoms with van der Waals surface area (Å²) < 4.78 is 0. The molecule has 262 valence electrons. The van der Waals surface area contributed by atoms with E-state index in [1.807, 2.05) is 30.3 Å². The van der Waals surface area contributed by atoms with Gasteiger partial charge < -0.3 is 0 Å². The van der Waals surface area contributed by atoms with Crippen LogP contribution in [0.25, 0.3) is 100 Å². The molecular weight excluding hydrogens is 679 g/mol. The lowest BCUT2D eigenvalue weighted by atomic mass is 9.92. The largest absolute Gasteiger partial charge is 0.248 e. The molecule has 3 nitrogen and oxygen atoms in total. The summed E-state index contributed by atoms with van der Waals surface area (Å²) in [6.45, 7) is 0. The average molecular weight is 714 g/mol. The van der Waals surface area contributed by atoms with Crippen molar-refractivity contribution in [1.82, 2.24) is 15.0 Å². The van der Waals surface area contributed by atoms with Gasteiger partial charge in [0.05, 0.1) is 22.6 Å². The molecule has 0 saturated carbocycles. The van der Waals surface area contributed by atoms with Crippen LogP contribution in [0.4, 0.5) is 0 Å². The van der Waals surface area contributed by atoms with Crippen molar-refractivity contribution in [2.75, 3.05) is 0 Å². The van der Waals surface area contributed by atoms with E-state index in [2.05, 4.69) is 182 Å². The molecule has 0 spiro atoms. The summed E-state index contributed by atoms with van der Waals surface area (Å²) in [7, 11) is 0. The predicted molar refractivity (Wildman–Crippen MR) is 233 cm³/mol. The van der Waals surface area contributed by atoms with E-state index >= 15 is 0 Å². The number of nitrogens with zero attached hydrogens (tertiary/aromatic N) is 3. The van der Waals surface area contributed by atoms with E-state index in [0.717, 1.165) is 61.4 Å². The highest BCUT2D eigenvalue weighted by Crippen LogP contribution is 2.38. The summed E-state index contributed by atoms with van der Waals surface area (Å²) in [5, 5.41) is 3.51. The second-order valence-corrected chi connectivity index (χ2v) is 14.0. The SMILES string of the molecule is c1ccc(-c2ccc(-c3cc(-c4cccc(-c5ccc6c(ccc7nc(-c8ccccc8)cc(-c8ccccc8)c76)c5)c4)nc(-c4ccccc4)n3)cc2)cc1. The van der Waals surface area contributed by atoms with E-state index in [-0.39, 0.29) is 0 Å². The number of pyridine rings is 1. The van der Waals surface area contributed by atoms with Gasteiger partial charge in [0.2, 0.25) is 0 Å². The van der Waals surface area contributed by atoms with E-state index in [0.29, 0.717) is 5.82 Å². The smallest absolute Gasteiger partial charge is 0.160 e. The minimum Gasteiger partial charge on any atom is -0.248 e. The summed E-state index contributed by atoms with van der Waals surface area (Å²) in [6, 6.07) is 74.5. The zero-order chi connectivity index (χ0) is 37.3. The van der Waals surface area contributed by atoms with Crippen LogP contribution in [0.5, 0.6) is 0 Å². The molecule has 0 aliphatic carbocycles. The molecule has 0 bridgehead atoms. The van der Waals surface area contributed by atoms with Crippen LogP contribution in [0.15, 0.2) is 212 Å². The quantitative estimate of drug-likeness (QED) is 0.154. The first-order chi connectivity index (χ1) is 27.7. The van der Waals surface area contributed by atoms with Crippen LogP contribution in [-0.2, 0) is 0 Å². The van der Waals surface area contributed by atoms with E-state index in [4.69, 9.17) is 15.0 Å². The van der Waals surface area contributed by atoms with Crippen molar-refractivity contribution in [3.63, 3.8) is 0 Å². The Labute approximate surface area is 326 Å². The van der Waals surface area contributed by atoms with Crippen LogP contribution >= 0.6 is 0 Å². The molecule has 0 aliphatic heterocycles. The number of aromatic nitrogens is 3. The minimum atomic E-state index is 0.700. The lowest BCUT2D eigenvalue weighted by Crippen LogP contribution is -1.96. The van der Waals surface area contributed by atoms with Crippen LogP contribution in [0, 0.1) is 0 Å². The van der Waals surface area contributed by atoms with E-state index < -0.39 is 0 Å². The van der Waals surface area contributed by atoms with Crippen molar-refractivity contribution in [2.45, 2.75) is 0 Å². The maximum Gasteiger partial charge on any atom is 0.160 e. The first kappa shape index (κ1) is 33.1. The zero-order valence-corrected chi connectivity index (χ0v) is 30.5. The van der Waals surface area contributed by atoms with Gasteiger partial charge in [-0.05, 0) is 74.5 Å². The van der Waals surface area contributed by atoms with Crippen molar-refractivity contribution in [1.29, 1.82) is 0 Å². The molecular formula is C53H35N3. The Morgan fingerprint density at radius 3 is 1.45 bits per heavy atom. The molecule has 0 aliphatic rings. The van der Waals surface area contributed by atoms with E-state index in [1.165, 1.54) is 33.0 Å². The topological polar surface area (TPSA) is 38.7 Å². The van der Waals surface area contributed by atoms with Gasteiger partial charge in [0.15, 0.2) is 5.82 Å². The number of hydrogen-bond donors (Lipinski definition) is 0. The molecule has 0 amide bonds. The van der Waals surface area contributed by atoms with E-state index in [9.17, 15) is 0 Å². The van der Waals surface area contributed by atoms with Crippen LogP contribution in [0.1, 0.15) is 0 Å². The third-order valence-electron chi connectivity index (χ3n) is 10.5. The average Bonchev–Trinajstić information content (AvgIpc) is 3.29. The third kappa shape index (κ3) is 6.42. The van der Waals surface area contributed by atoms with Crippen LogP contribution in [-0.4, -0.2) is 15.0 Å². The highest BCUT2D eigenvalue weighted by atomic mass is 14.9. The fourth-order valence-corrected chi connectivity index (χ4v) is 7.63. The van der Waals surface area contributed by atoms with Crippen LogP contribution in [0.2, 0.25) is 0 Å². The summed E-state index contributed by atoms with van der Waals surface area (Å²) in [5.41, 5.74) is 14.9. The highest BCUT2D eigenvalue weighted by Gasteiger charge is 2.15. The molecule has 0 saturated heterocycles. The van der Waals surface area contributed by atoms with Crippen molar-refractivity contribution >= 4 is 21.7 Å². The Hall–Kier alpha value is -7.49. The van der Waals surface area contributed by atoms with Crippen LogP contribution in [0.3, 0.4) is 0 Å². The van der Waals surface area contributed by atoms with E-state index in [1.54, 1.807) is 0 Å².